The first-order valence-corrected chi connectivity index (χ1v) is 18.4. The Morgan fingerprint density at radius 3 is 1.30 bits per heavy atom. The molecule has 0 saturated carbocycles. The standard InChI is InChI=1S/C53H36/c1-5-16-37(17-6-1)39-28-30-40(31-29-39)49-36-51-52(47-27-14-13-26-46(47)49)48-33-32-43(42-21-15-20-41(34-42)38-18-7-2-8-19-38)35-50(48)53(51,44-22-9-3-10-23-44)45-24-11-4-12-25-45/h1-36H. The summed E-state index contributed by atoms with van der Waals surface area (Å²) in [7, 11) is 0. The maximum atomic E-state index is 2.50. The van der Waals surface area contributed by atoms with E-state index in [2.05, 4.69) is 218 Å². The van der Waals surface area contributed by atoms with Gasteiger partial charge in [0.15, 0.2) is 0 Å². The highest BCUT2D eigenvalue weighted by Crippen LogP contribution is 2.59. The molecule has 0 amide bonds. The van der Waals surface area contributed by atoms with Crippen LogP contribution in [0.3, 0.4) is 0 Å². The van der Waals surface area contributed by atoms with E-state index in [9.17, 15) is 0 Å². The van der Waals surface area contributed by atoms with Crippen molar-refractivity contribution in [3.63, 3.8) is 0 Å². The molecule has 0 spiro atoms. The fourth-order valence-corrected chi connectivity index (χ4v) is 8.74. The van der Waals surface area contributed by atoms with Crippen LogP contribution in [-0.2, 0) is 5.41 Å². The van der Waals surface area contributed by atoms with Crippen LogP contribution in [0.2, 0.25) is 0 Å². The largest absolute Gasteiger partial charge is 0.0714 e. The summed E-state index contributed by atoms with van der Waals surface area (Å²) in [6.45, 7) is 0. The van der Waals surface area contributed by atoms with E-state index in [1.807, 2.05) is 0 Å². The highest BCUT2D eigenvalue weighted by Gasteiger charge is 2.47. The summed E-state index contributed by atoms with van der Waals surface area (Å²) in [5.74, 6) is 0. The molecule has 0 saturated heterocycles. The number of rotatable bonds is 6. The average molecular weight is 673 g/mol. The van der Waals surface area contributed by atoms with Gasteiger partial charge in [-0.3, -0.25) is 0 Å². The topological polar surface area (TPSA) is 0 Å². The molecule has 9 aromatic rings. The van der Waals surface area contributed by atoms with E-state index in [0.717, 1.165) is 0 Å². The minimum absolute atomic E-state index is 0.539. The van der Waals surface area contributed by atoms with Crippen molar-refractivity contribution in [3.05, 3.63) is 241 Å². The van der Waals surface area contributed by atoms with Crippen LogP contribution in [0, 0.1) is 0 Å². The van der Waals surface area contributed by atoms with Crippen molar-refractivity contribution >= 4 is 10.8 Å². The van der Waals surface area contributed by atoms with Gasteiger partial charge in [-0.2, -0.15) is 0 Å². The summed E-state index contributed by atoms with van der Waals surface area (Å²) in [4.78, 5) is 0. The highest BCUT2D eigenvalue weighted by atomic mass is 14.5. The van der Waals surface area contributed by atoms with Crippen LogP contribution < -0.4 is 0 Å². The zero-order valence-corrected chi connectivity index (χ0v) is 29.3. The molecule has 0 radical (unpaired) electrons. The first kappa shape index (κ1) is 31.0. The van der Waals surface area contributed by atoms with Gasteiger partial charge in [0.25, 0.3) is 0 Å². The molecule has 0 heterocycles. The molecule has 0 atom stereocenters. The van der Waals surface area contributed by atoms with Crippen molar-refractivity contribution in [1.29, 1.82) is 0 Å². The zero-order valence-electron chi connectivity index (χ0n) is 29.3. The molecule has 248 valence electrons. The van der Waals surface area contributed by atoms with E-state index in [4.69, 9.17) is 0 Å². The maximum Gasteiger partial charge on any atom is 0.0714 e. The van der Waals surface area contributed by atoms with Crippen LogP contribution in [0.4, 0.5) is 0 Å². The Labute approximate surface area is 311 Å². The summed E-state index contributed by atoms with van der Waals surface area (Å²) in [5, 5.41) is 2.54. The van der Waals surface area contributed by atoms with Gasteiger partial charge in [-0.15, -0.1) is 0 Å². The van der Waals surface area contributed by atoms with Crippen molar-refractivity contribution in [2.24, 2.45) is 0 Å². The molecule has 1 aliphatic rings. The minimum Gasteiger partial charge on any atom is -0.0622 e. The molecule has 1 aliphatic carbocycles. The Balaban J connectivity index is 1.25. The van der Waals surface area contributed by atoms with Crippen LogP contribution >= 0.6 is 0 Å². The van der Waals surface area contributed by atoms with Gasteiger partial charge in [0, 0.05) is 0 Å². The Hall–Kier alpha value is -6.76. The van der Waals surface area contributed by atoms with Crippen molar-refractivity contribution in [3.8, 4) is 55.6 Å². The molecule has 0 aromatic heterocycles. The molecule has 0 nitrogen and oxygen atoms in total. The van der Waals surface area contributed by atoms with Crippen LogP contribution in [-0.4, -0.2) is 0 Å². The van der Waals surface area contributed by atoms with Crippen molar-refractivity contribution < 1.29 is 0 Å². The molecule has 0 fully saturated rings. The minimum atomic E-state index is -0.539. The third-order valence-corrected chi connectivity index (χ3v) is 11.2. The van der Waals surface area contributed by atoms with Gasteiger partial charge in [0.05, 0.1) is 5.41 Å². The first-order valence-electron chi connectivity index (χ1n) is 18.4. The second kappa shape index (κ2) is 12.8. The molecule has 0 N–H and O–H groups in total. The predicted octanol–water partition coefficient (Wildman–Crippen LogP) is 13.9. The van der Waals surface area contributed by atoms with Gasteiger partial charge in [-0.1, -0.05) is 200 Å². The second-order valence-electron chi connectivity index (χ2n) is 14.0. The third-order valence-electron chi connectivity index (χ3n) is 11.2. The van der Waals surface area contributed by atoms with Crippen LogP contribution in [0.1, 0.15) is 22.3 Å². The van der Waals surface area contributed by atoms with Crippen molar-refractivity contribution in [1.82, 2.24) is 0 Å². The van der Waals surface area contributed by atoms with E-state index >= 15 is 0 Å². The Morgan fingerprint density at radius 1 is 0.245 bits per heavy atom. The van der Waals surface area contributed by atoms with Gasteiger partial charge in [0.1, 0.15) is 0 Å². The summed E-state index contributed by atoms with van der Waals surface area (Å²) >= 11 is 0. The third kappa shape index (κ3) is 5.06. The molecular formula is C53H36. The second-order valence-corrected chi connectivity index (χ2v) is 14.0. The molecule has 0 bridgehead atoms. The van der Waals surface area contributed by atoms with E-state index in [-0.39, 0.29) is 0 Å². The Morgan fingerprint density at radius 2 is 0.679 bits per heavy atom. The average Bonchev–Trinajstić information content (AvgIpc) is 3.55. The summed E-state index contributed by atoms with van der Waals surface area (Å²) in [6.07, 6.45) is 0. The van der Waals surface area contributed by atoms with Gasteiger partial charge in [0.2, 0.25) is 0 Å². The quantitative estimate of drug-likeness (QED) is 0.165. The summed E-state index contributed by atoms with van der Waals surface area (Å²) in [5.41, 5.74) is 17.0. The molecule has 53 heavy (non-hydrogen) atoms. The Kier molecular flexibility index (Phi) is 7.48. The van der Waals surface area contributed by atoms with Crippen molar-refractivity contribution in [2.75, 3.05) is 0 Å². The monoisotopic (exact) mass is 672 g/mol. The molecule has 0 unspecified atom stereocenters. The molecule has 10 rings (SSSR count). The lowest BCUT2D eigenvalue weighted by Crippen LogP contribution is -2.28. The zero-order chi connectivity index (χ0) is 35.2. The molecular weight excluding hydrogens is 637 g/mol. The number of hydrogen-bond donors (Lipinski definition) is 0. The van der Waals surface area contributed by atoms with Gasteiger partial charge in [-0.25, -0.2) is 0 Å². The van der Waals surface area contributed by atoms with Gasteiger partial charge in [-0.05, 0) is 107 Å². The molecule has 0 heteroatoms. The number of benzene rings is 9. The first-order chi connectivity index (χ1) is 26.3. The van der Waals surface area contributed by atoms with Gasteiger partial charge >= 0.3 is 0 Å². The lowest BCUT2D eigenvalue weighted by molar-refractivity contribution is 0.769. The Bertz CT molecular complexity index is 2690. The van der Waals surface area contributed by atoms with E-state index in [1.165, 1.54) is 88.7 Å². The molecule has 0 aliphatic heterocycles. The van der Waals surface area contributed by atoms with Crippen molar-refractivity contribution in [2.45, 2.75) is 5.41 Å². The van der Waals surface area contributed by atoms with Crippen LogP contribution in [0.25, 0.3) is 66.4 Å². The summed E-state index contributed by atoms with van der Waals surface area (Å²) < 4.78 is 0. The van der Waals surface area contributed by atoms with Crippen LogP contribution in [0.5, 0.6) is 0 Å². The fourth-order valence-electron chi connectivity index (χ4n) is 8.74. The van der Waals surface area contributed by atoms with E-state index < -0.39 is 5.41 Å². The van der Waals surface area contributed by atoms with Crippen LogP contribution in [0.15, 0.2) is 218 Å². The van der Waals surface area contributed by atoms with Gasteiger partial charge < -0.3 is 0 Å². The molecule has 9 aromatic carbocycles. The lowest BCUT2D eigenvalue weighted by Gasteiger charge is -2.34. The SMILES string of the molecule is c1ccc(-c2ccc(-c3cc4c(c5ccccc35)-c3ccc(-c5cccc(-c6ccccc6)c5)cc3C4(c3ccccc3)c3ccccc3)cc2)cc1. The van der Waals surface area contributed by atoms with E-state index in [0.29, 0.717) is 0 Å². The highest BCUT2D eigenvalue weighted by molar-refractivity contribution is 6.10. The summed E-state index contributed by atoms with van der Waals surface area (Å²) in [6, 6.07) is 80.4. The normalized spacial score (nSPS) is 12.7. The lowest BCUT2D eigenvalue weighted by atomic mass is 9.67. The van der Waals surface area contributed by atoms with E-state index in [1.54, 1.807) is 0 Å². The number of hydrogen-bond acceptors (Lipinski definition) is 0. The maximum absolute atomic E-state index is 2.50. The number of fused-ring (bicyclic) bond motifs is 5. The smallest absolute Gasteiger partial charge is 0.0622 e. The fraction of sp³-hybridized carbons (Fsp3) is 0.0189. The predicted molar refractivity (Wildman–Crippen MR) is 223 cm³/mol.